The Morgan fingerprint density at radius 1 is 1.25 bits per heavy atom. The van der Waals surface area contributed by atoms with E-state index in [1.807, 2.05) is 0 Å². The predicted molar refractivity (Wildman–Crippen MR) is 55.3 cm³/mol. The number of carbonyl (C=O) groups excluding carboxylic acids is 1. The molecule has 0 atom stereocenters. The van der Waals surface area contributed by atoms with E-state index in [1.165, 1.54) is 6.07 Å². The normalized spacial score (nSPS) is 12.7. The summed E-state index contributed by atoms with van der Waals surface area (Å²) in [5.41, 5.74) is 0.0746. The molecule has 1 aromatic carbocycles. The van der Waals surface area contributed by atoms with Crippen LogP contribution >= 0.6 is 0 Å². The Morgan fingerprint density at radius 2 is 1.81 bits per heavy atom. The van der Waals surface area contributed by atoms with Gasteiger partial charge in [-0.05, 0) is 25.5 Å². The summed E-state index contributed by atoms with van der Waals surface area (Å²) in [7, 11) is 0. The molecule has 0 heterocycles. The molecule has 0 aliphatic rings. The van der Waals surface area contributed by atoms with Crippen molar-refractivity contribution in [1.29, 1.82) is 0 Å². The summed E-state index contributed by atoms with van der Waals surface area (Å²) in [4.78, 5) is 11.5. The van der Waals surface area contributed by atoms with Crippen LogP contribution in [0.15, 0.2) is 35.9 Å². The Hall–Kier alpha value is -1.58. The Morgan fingerprint density at radius 3 is 2.31 bits per heavy atom. The van der Waals surface area contributed by atoms with E-state index in [0.717, 1.165) is 6.92 Å². The summed E-state index contributed by atoms with van der Waals surface area (Å²) in [6.07, 6.45) is -3.82. The quantitative estimate of drug-likeness (QED) is 0.557. The molecule has 0 spiro atoms. The zero-order valence-corrected chi connectivity index (χ0v) is 8.93. The zero-order valence-electron chi connectivity index (χ0n) is 8.93. The molecule has 0 aliphatic carbocycles. The fraction of sp³-hybridized carbons (Fsp3) is 0.250. The van der Waals surface area contributed by atoms with E-state index in [1.54, 1.807) is 25.1 Å². The van der Waals surface area contributed by atoms with Crippen LogP contribution in [0.5, 0.6) is 0 Å². The van der Waals surface area contributed by atoms with Gasteiger partial charge >= 0.3 is 6.18 Å². The SMILES string of the molecule is C/C(=C\C(=O)c1ccccc1C)C(F)(F)F. The first-order valence-electron chi connectivity index (χ1n) is 4.68. The molecular formula is C12H11F3O. The second-order valence-electron chi connectivity index (χ2n) is 3.50. The summed E-state index contributed by atoms with van der Waals surface area (Å²) < 4.78 is 36.6. The second kappa shape index (κ2) is 4.51. The van der Waals surface area contributed by atoms with Gasteiger partial charge in [0.15, 0.2) is 5.78 Å². The number of rotatable bonds is 2. The van der Waals surface area contributed by atoms with Crippen molar-refractivity contribution < 1.29 is 18.0 Å². The molecule has 0 amide bonds. The fourth-order valence-electron chi connectivity index (χ4n) is 1.21. The van der Waals surface area contributed by atoms with Gasteiger partial charge in [0.1, 0.15) is 0 Å². The summed E-state index contributed by atoms with van der Waals surface area (Å²) >= 11 is 0. The monoisotopic (exact) mass is 228 g/mol. The highest BCUT2D eigenvalue weighted by Gasteiger charge is 2.30. The summed E-state index contributed by atoms with van der Waals surface area (Å²) in [5.74, 6) is -0.618. The highest BCUT2D eigenvalue weighted by atomic mass is 19.4. The number of ketones is 1. The Bertz CT molecular complexity index is 430. The number of carbonyl (C=O) groups is 1. The van der Waals surface area contributed by atoms with Crippen LogP contribution in [0.2, 0.25) is 0 Å². The summed E-state index contributed by atoms with van der Waals surface area (Å²) in [6, 6.07) is 6.55. The minimum atomic E-state index is -4.45. The van der Waals surface area contributed by atoms with E-state index in [2.05, 4.69) is 0 Å². The van der Waals surface area contributed by atoms with Crippen LogP contribution in [-0.2, 0) is 0 Å². The Kier molecular flexibility index (Phi) is 3.52. The van der Waals surface area contributed by atoms with Crippen LogP contribution < -0.4 is 0 Å². The molecule has 1 aromatic rings. The summed E-state index contributed by atoms with van der Waals surface area (Å²) in [5, 5.41) is 0. The third kappa shape index (κ3) is 2.95. The van der Waals surface area contributed by atoms with Crippen molar-refractivity contribution in [3.8, 4) is 0 Å². The highest BCUT2D eigenvalue weighted by molar-refractivity contribution is 6.05. The third-order valence-corrected chi connectivity index (χ3v) is 2.21. The Balaban J connectivity index is 3.02. The molecule has 0 saturated carbocycles. The molecule has 86 valence electrons. The van der Waals surface area contributed by atoms with Crippen molar-refractivity contribution in [3.63, 3.8) is 0 Å². The molecule has 0 radical (unpaired) electrons. The van der Waals surface area contributed by atoms with Crippen LogP contribution in [0.4, 0.5) is 13.2 Å². The van der Waals surface area contributed by atoms with E-state index in [4.69, 9.17) is 0 Å². The van der Waals surface area contributed by atoms with E-state index >= 15 is 0 Å². The minimum Gasteiger partial charge on any atom is -0.289 e. The van der Waals surface area contributed by atoms with Gasteiger partial charge in [-0.1, -0.05) is 24.3 Å². The van der Waals surface area contributed by atoms with Crippen LogP contribution in [0.3, 0.4) is 0 Å². The molecule has 1 rings (SSSR count). The molecule has 0 saturated heterocycles. The van der Waals surface area contributed by atoms with Crippen LogP contribution in [0, 0.1) is 6.92 Å². The van der Waals surface area contributed by atoms with Gasteiger partial charge in [0, 0.05) is 11.1 Å². The maximum absolute atomic E-state index is 12.2. The lowest BCUT2D eigenvalue weighted by Crippen LogP contribution is -2.11. The van der Waals surface area contributed by atoms with Crippen molar-refractivity contribution in [1.82, 2.24) is 0 Å². The van der Waals surface area contributed by atoms with E-state index in [9.17, 15) is 18.0 Å². The van der Waals surface area contributed by atoms with Crippen molar-refractivity contribution in [2.75, 3.05) is 0 Å². The molecule has 0 bridgehead atoms. The standard InChI is InChI=1S/C12H11F3O/c1-8-5-3-4-6-10(8)11(16)7-9(2)12(13,14)15/h3-7H,1-2H3/b9-7+. The lowest BCUT2D eigenvalue weighted by molar-refractivity contribution is -0.0913. The van der Waals surface area contributed by atoms with Gasteiger partial charge < -0.3 is 0 Å². The average molecular weight is 228 g/mol. The van der Waals surface area contributed by atoms with Crippen molar-refractivity contribution in [2.24, 2.45) is 0 Å². The predicted octanol–water partition coefficient (Wildman–Crippen LogP) is 3.69. The number of aryl methyl sites for hydroxylation is 1. The number of hydrogen-bond donors (Lipinski definition) is 0. The first kappa shape index (κ1) is 12.5. The van der Waals surface area contributed by atoms with E-state index in [0.29, 0.717) is 17.2 Å². The Labute approximate surface area is 91.6 Å². The second-order valence-corrected chi connectivity index (χ2v) is 3.50. The van der Waals surface area contributed by atoms with Gasteiger partial charge in [-0.15, -0.1) is 0 Å². The molecule has 0 unspecified atom stereocenters. The van der Waals surface area contributed by atoms with Gasteiger partial charge in [0.2, 0.25) is 0 Å². The number of alkyl halides is 3. The highest BCUT2D eigenvalue weighted by Crippen LogP contribution is 2.25. The number of benzene rings is 1. The molecule has 16 heavy (non-hydrogen) atoms. The molecule has 0 N–H and O–H groups in total. The van der Waals surface area contributed by atoms with E-state index in [-0.39, 0.29) is 0 Å². The smallest absolute Gasteiger partial charge is 0.289 e. The topological polar surface area (TPSA) is 17.1 Å². The van der Waals surface area contributed by atoms with Gasteiger partial charge in [0.05, 0.1) is 0 Å². The molecule has 0 fully saturated rings. The zero-order chi connectivity index (χ0) is 12.3. The van der Waals surface area contributed by atoms with Crippen molar-refractivity contribution >= 4 is 5.78 Å². The molecule has 0 aliphatic heterocycles. The number of hydrogen-bond acceptors (Lipinski definition) is 1. The third-order valence-electron chi connectivity index (χ3n) is 2.21. The van der Waals surface area contributed by atoms with Crippen molar-refractivity contribution in [3.05, 3.63) is 47.0 Å². The fourth-order valence-corrected chi connectivity index (χ4v) is 1.21. The molecule has 4 heteroatoms. The van der Waals surface area contributed by atoms with Crippen LogP contribution in [-0.4, -0.2) is 12.0 Å². The van der Waals surface area contributed by atoms with Crippen LogP contribution in [0.1, 0.15) is 22.8 Å². The molecule has 1 nitrogen and oxygen atoms in total. The van der Waals surface area contributed by atoms with E-state index < -0.39 is 17.5 Å². The van der Waals surface area contributed by atoms with Gasteiger partial charge in [-0.2, -0.15) is 13.2 Å². The lowest BCUT2D eigenvalue weighted by Gasteiger charge is -2.06. The van der Waals surface area contributed by atoms with Gasteiger partial charge in [-0.25, -0.2) is 0 Å². The first-order chi connectivity index (χ1) is 7.32. The largest absolute Gasteiger partial charge is 0.412 e. The lowest BCUT2D eigenvalue weighted by atomic mass is 10.0. The van der Waals surface area contributed by atoms with Crippen molar-refractivity contribution in [2.45, 2.75) is 20.0 Å². The van der Waals surface area contributed by atoms with Gasteiger partial charge in [0.25, 0.3) is 0 Å². The maximum atomic E-state index is 12.2. The van der Waals surface area contributed by atoms with Crippen LogP contribution in [0.25, 0.3) is 0 Å². The maximum Gasteiger partial charge on any atom is 0.412 e. The van der Waals surface area contributed by atoms with Gasteiger partial charge in [-0.3, -0.25) is 4.79 Å². The number of halogens is 3. The first-order valence-corrected chi connectivity index (χ1v) is 4.68. The molecular weight excluding hydrogens is 217 g/mol. The average Bonchev–Trinajstić information content (AvgIpc) is 2.16. The minimum absolute atomic E-state index is 0.297. The molecule has 0 aromatic heterocycles. The number of allylic oxidation sites excluding steroid dienone is 2. The summed E-state index contributed by atoms with van der Waals surface area (Å²) in [6.45, 7) is 2.57.